The van der Waals surface area contributed by atoms with E-state index in [0.29, 0.717) is 13.1 Å². The average molecular weight is 853 g/mol. The van der Waals surface area contributed by atoms with E-state index in [9.17, 15) is 9.59 Å². The maximum absolute atomic E-state index is 14.7. The third kappa shape index (κ3) is 9.01. The number of nitrogens with zero attached hydrogens (tertiary/aromatic N) is 4. The Bertz CT molecular complexity index is 3070. The summed E-state index contributed by atoms with van der Waals surface area (Å²) in [5.41, 5.74) is 9.63. The second-order valence-electron chi connectivity index (χ2n) is 17.8. The summed E-state index contributed by atoms with van der Waals surface area (Å²) in [5.74, 6) is -0.0225. The van der Waals surface area contributed by atoms with E-state index in [-0.39, 0.29) is 11.8 Å². The molecule has 9 rings (SSSR count). The highest BCUT2D eigenvalue weighted by Crippen LogP contribution is 2.37. The minimum Gasteiger partial charge on any atom is -0.337 e. The number of hydrogen-bond donors (Lipinski definition) is 0. The van der Waals surface area contributed by atoms with E-state index in [1.165, 1.54) is 22.3 Å². The molecule has 324 valence electrons. The van der Waals surface area contributed by atoms with Crippen LogP contribution < -0.4 is 0 Å². The summed E-state index contributed by atoms with van der Waals surface area (Å²) in [4.78, 5) is 37.7. The van der Waals surface area contributed by atoms with Crippen LogP contribution in [0.3, 0.4) is 0 Å². The average Bonchev–Trinajstić information content (AvgIpc) is 3.32. The van der Waals surface area contributed by atoms with Gasteiger partial charge in [0.25, 0.3) is 11.8 Å². The fourth-order valence-corrected chi connectivity index (χ4v) is 9.77. The molecule has 9 aromatic carbocycles. The van der Waals surface area contributed by atoms with Crippen molar-refractivity contribution in [2.24, 2.45) is 0 Å². The zero-order chi connectivity index (χ0) is 45.0. The summed E-state index contributed by atoms with van der Waals surface area (Å²) >= 11 is 0. The van der Waals surface area contributed by atoms with Crippen molar-refractivity contribution in [3.63, 3.8) is 0 Å². The Morgan fingerprint density at radius 1 is 0.354 bits per heavy atom. The number of fused-ring (bicyclic) bond motifs is 4. The van der Waals surface area contributed by atoms with Crippen LogP contribution in [-0.2, 0) is 39.3 Å². The molecule has 65 heavy (non-hydrogen) atoms. The van der Waals surface area contributed by atoms with Crippen molar-refractivity contribution in [3.8, 4) is 0 Å². The molecule has 6 nitrogen and oxygen atoms in total. The summed E-state index contributed by atoms with van der Waals surface area (Å²) in [6.07, 6.45) is 0. The van der Waals surface area contributed by atoms with Crippen molar-refractivity contribution in [1.29, 1.82) is 0 Å². The fraction of sp³-hybridized carbons (Fsp3) is 0.186. The van der Waals surface area contributed by atoms with Crippen LogP contribution in [0, 0.1) is 6.92 Å². The topological polar surface area (TPSA) is 47.1 Å². The zero-order valence-electron chi connectivity index (χ0n) is 38.1. The van der Waals surface area contributed by atoms with E-state index in [4.69, 9.17) is 0 Å². The minimum absolute atomic E-state index is 0.0105. The number of carbonyl (C=O) groups is 2. The second kappa shape index (κ2) is 18.9. The van der Waals surface area contributed by atoms with Crippen LogP contribution >= 0.6 is 0 Å². The molecular formula is C59H56N4O2. The van der Waals surface area contributed by atoms with Crippen LogP contribution in [0.15, 0.2) is 176 Å². The normalized spacial score (nSPS) is 11.6. The van der Waals surface area contributed by atoms with Gasteiger partial charge in [-0.2, -0.15) is 0 Å². The second-order valence-corrected chi connectivity index (χ2v) is 17.8. The number of amides is 2. The smallest absolute Gasteiger partial charge is 0.255 e. The van der Waals surface area contributed by atoms with Gasteiger partial charge in [-0.15, -0.1) is 0 Å². The van der Waals surface area contributed by atoms with E-state index in [2.05, 4.69) is 182 Å². The van der Waals surface area contributed by atoms with Gasteiger partial charge in [0.15, 0.2) is 0 Å². The summed E-state index contributed by atoms with van der Waals surface area (Å²) < 4.78 is 0. The van der Waals surface area contributed by atoms with Gasteiger partial charge in [0.2, 0.25) is 0 Å². The lowest BCUT2D eigenvalue weighted by Crippen LogP contribution is -2.28. The molecule has 0 bridgehead atoms. The Hall–Kier alpha value is -7.12. The Morgan fingerprint density at radius 3 is 1.06 bits per heavy atom. The SMILES string of the molecule is Cc1cc(CN(C)C(=O)c2c3ccccc3c(CN(C)Cc3ccccc3)c3ccccc23)ccc1CN(C)C(=O)c1c2ccccc2c(CN(C)Cc2ccccc2)c2ccccc12. The maximum atomic E-state index is 14.7. The Labute approximate surface area is 382 Å². The molecule has 0 saturated carbocycles. The van der Waals surface area contributed by atoms with Crippen LogP contribution in [0.4, 0.5) is 0 Å². The van der Waals surface area contributed by atoms with Crippen LogP contribution in [-0.4, -0.2) is 59.6 Å². The van der Waals surface area contributed by atoms with Crippen molar-refractivity contribution in [2.75, 3.05) is 28.2 Å². The number of rotatable bonds is 14. The molecule has 0 aromatic heterocycles. The minimum atomic E-state index is -0.0121. The molecule has 0 radical (unpaired) electrons. The molecule has 6 heteroatoms. The molecule has 0 aliphatic carbocycles. The summed E-state index contributed by atoms with van der Waals surface area (Å²) in [6, 6.07) is 60.8. The zero-order valence-corrected chi connectivity index (χ0v) is 38.1. The van der Waals surface area contributed by atoms with Gasteiger partial charge in [-0.05, 0) is 103 Å². The van der Waals surface area contributed by atoms with Crippen LogP contribution in [0.1, 0.15) is 59.7 Å². The maximum Gasteiger partial charge on any atom is 0.255 e. The molecule has 0 atom stereocenters. The predicted octanol–water partition coefficient (Wildman–Crippen LogP) is 12.4. The third-order valence-electron chi connectivity index (χ3n) is 12.9. The molecule has 0 unspecified atom stereocenters. The lowest BCUT2D eigenvalue weighted by molar-refractivity contribution is 0.0780. The lowest BCUT2D eigenvalue weighted by atomic mass is 9.90. The highest BCUT2D eigenvalue weighted by molar-refractivity contribution is 6.20. The van der Waals surface area contributed by atoms with Crippen LogP contribution in [0.25, 0.3) is 43.1 Å². The van der Waals surface area contributed by atoms with Gasteiger partial charge in [0, 0.05) is 53.4 Å². The summed E-state index contributed by atoms with van der Waals surface area (Å²) in [7, 11) is 8.10. The largest absolute Gasteiger partial charge is 0.337 e. The van der Waals surface area contributed by atoms with Gasteiger partial charge in [-0.1, -0.05) is 176 Å². The first-order chi connectivity index (χ1) is 31.6. The monoisotopic (exact) mass is 852 g/mol. The third-order valence-corrected chi connectivity index (χ3v) is 12.9. The fourth-order valence-electron chi connectivity index (χ4n) is 9.77. The van der Waals surface area contributed by atoms with Crippen molar-refractivity contribution < 1.29 is 9.59 Å². The summed E-state index contributed by atoms with van der Waals surface area (Å²) in [5, 5.41) is 8.28. The highest BCUT2D eigenvalue weighted by atomic mass is 16.2. The van der Waals surface area contributed by atoms with Crippen LogP contribution in [0.2, 0.25) is 0 Å². The lowest BCUT2D eigenvalue weighted by Gasteiger charge is -2.25. The molecule has 0 fully saturated rings. The summed E-state index contributed by atoms with van der Waals surface area (Å²) in [6.45, 7) is 6.15. The number of aryl methyl sites for hydroxylation is 1. The molecular weight excluding hydrogens is 797 g/mol. The van der Waals surface area contributed by atoms with Gasteiger partial charge < -0.3 is 9.80 Å². The van der Waals surface area contributed by atoms with Crippen molar-refractivity contribution in [3.05, 3.63) is 226 Å². The molecule has 0 spiro atoms. The first kappa shape index (κ1) is 43.1. The number of carbonyl (C=O) groups excluding carboxylic acids is 2. The molecule has 0 aliphatic rings. The van der Waals surface area contributed by atoms with E-state index in [1.807, 2.05) is 48.2 Å². The Balaban J connectivity index is 0.946. The van der Waals surface area contributed by atoms with Gasteiger partial charge in [-0.25, -0.2) is 0 Å². The highest BCUT2D eigenvalue weighted by Gasteiger charge is 2.24. The van der Waals surface area contributed by atoms with Crippen molar-refractivity contribution in [2.45, 2.75) is 46.2 Å². The van der Waals surface area contributed by atoms with Crippen molar-refractivity contribution >= 4 is 54.9 Å². The molecule has 0 heterocycles. The van der Waals surface area contributed by atoms with Crippen molar-refractivity contribution in [1.82, 2.24) is 19.6 Å². The molecule has 0 saturated heterocycles. The van der Waals surface area contributed by atoms with E-state index in [1.54, 1.807) is 0 Å². The standard InChI is InChI=1S/C59H56N4O2/c1-41-34-44(37-62(4)58(64)56-50-28-16-12-24-46(50)54(47-25-13-17-29-51(47)56)39-60(2)35-42-20-8-6-9-21-42)32-33-45(41)38-63(5)59(65)57-52-30-18-14-26-48(52)55(49-27-15-19-31-53(49)57)40-61(3)36-43-22-10-7-11-23-43/h6-34H,35-40H2,1-5H3. The molecule has 9 aromatic rings. The van der Waals surface area contributed by atoms with Gasteiger partial charge in [0.05, 0.1) is 11.1 Å². The predicted molar refractivity (Wildman–Crippen MR) is 269 cm³/mol. The number of hydrogen-bond acceptors (Lipinski definition) is 4. The number of benzene rings is 9. The molecule has 2 amide bonds. The molecule has 0 N–H and O–H groups in total. The molecule has 0 aliphatic heterocycles. The Kier molecular flexibility index (Phi) is 12.6. The van der Waals surface area contributed by atoms with Gasteiger partial charge in [-0.3, -0.25) is 19.4 Å². The first-order valence-corrected chi connectivity index (χ1v) is 22.5. The quantitative estimate of drug-likeness (QED) is 0.102. The Morgan fingerprint density at radius 2 is 0.692 bits per heavy atom. The van der Waals surface area contributed by atoms with Crippen LogP contribution in [0.5, 0.6) is 0 Å². The van der Waals surface area contributed by atoms with Gasteiger partial charge in [0.1, 0.15) is 0 Å². The van der Waals surface area contributed by atoms with E-state index >= 15 is 0 Å². The van der Waals surface area contributed by atoms with E-state index < -0.39 is 0 Å². The first-order valence-electron chi connectivity index (χ1n) is 22.5. The van der Waals surface area contributed by atoms with E-state index in [0.717, 1.165) is 97.1 Å². The van der Waals surface area contributed by atoms with Gasteiger partial charge >= 0.3 is 0 Å².